The summed E-state index contributed by atoms with van der Waals surface area (Å²) in [5.74, 6) is -0.0620. The van der Waals surface area contributed by atoms with Crippen molar-refractivity contribution in [2.75, 3.05) is 12.4 Å². The van der Waals surface area contributed by atoms with Gasteiger partial charge >= 0.3 is 6.18 Å². The van der Waals surface area contributed by atoms with Crippen LogP contribution in [0.2, 0.25) is 0 Å². The van der Waals surface area contributed by atoms with Crippen molar-refractivity contribution in [2.24, 2.45) is 10.7 Å². The Morgan fingerprint density at radius 2 is 1.71 bits per heavy atom. The molecule has 0 aliphatic carbocycles. The van der Waals surface area contributed by atoms with E-state index >= 15 is 0 Å². The van der Waals surface area contributed by atoms with Crippen molar-refractivity contribution in [2.45, 2.75) is 6.18 Å². The maximum absolute atomic E-state index is 13.6. The third kappa shape index (κ3) is 6.58. The molecule has 11 heteroatoms. The molecule has 4 aromatic rings. The number of carbonyl (C=O) groups excluding carboxylic acids is 1. The summed E-state index contributed by atoms with van der Waals surface area (Å²) >= 11 is 0. The van der Waals surface area contributed by atoms with Gasteiger partial charge in [0.15, 0.2) is 11.6 Å². The Balaban J connectivity index is 1.51. The average Bonchev–Trinajstić information content (AvgIpc) is 2.93. The Hall–Kier alpha value is -5.06. The number of rotatable bonds is 7. The molecule has 0 radical (unpaired) electrons. The van der Waals surface area contributed by atoms with Crippen molar-refractivity contribution >= 4 is 29.0 Å². The van der Waals surface area contributed by atoms with E-state index in [1.165, 1.54) is 30.6 Å². The van der Waals surface area contributed by atoms with E-state index in [1.807, 2.05) is 30.3 Å². The monoisotopic (exact) mass is 518 g/mol. The second-order valence-electron chi connectivity index (χ2n) is 7.88. The predicted molar refractivity (Wildman–Crippen MR) is 138 cm³/mol. The number of amides is 1. The van der Waals surface area contributed by atoms with Crippen molar-refractivity contribution in [1.29, 1.82) is 0 Å². The number of pyridine rings is 1. The molecule has 2 aromatic heterocycles. The molecule has 1 amide bonds. The second-order valence-corrected chi connectivity index (χ2v) is 7.88. The number of hydrogen-bond donors (Lipinski definition) is 2. The highest BCUT2D eigenvalue weighted by atomic mass is 19.4. The molecule has 3 N–H and O–H groups in total. The topological polar surface area (TPSA) is 115 Å². The largest absolute Gasteiger partial charge is 0.497 e. The zero-order chi connectivity index (χ0) is 27.1. The lowest BCUT2D eigenvalue weighted by Crippen LogP contribution is -2.22. The Kier molecular flexibility index (Phi) is 7.76. The van der Waals surface area contributed by atoms with Crippen molar-refractivity contribution in [3.63, 3.8) is 0 Å². The van der Waals surface area contributed by atoms with Crippen LogP contribution in [0.3, 0.4) is 0 Å². The quantitative estimate of drug-likeness (QED) is 0.315. The van der Waals surface area contributed by atoms with Gasteiger partial charge in [0.05, 0.1) is 7.11 Å². The number of aromatic nitrogens is 3. The maximum Gasteiger partial charge on any atom is 0.433 e. The summed E-state index contributed by atoms with van der Waals surface area (Å²) in [5, 5.41) is 10.1. The van der Waals surface area contributed by atoms with Gasteiger partial charge in [0.1, 0.15) is 11.5 Å². The van der Waals surface area contributed by atoms with Gasteiger partial charge < -0.3 is 15.8 Å². The number of halogens is 3. The van der Waals surface area contributed by atoms with Crippen LogP contribution in [0.5, 0.6) is 5.75 Å². The summed E-state index contributed by atoms with van der Waals surface area (Å²) in [5.41, 5.74) is 6.68. The molecule has 0 saturated carbocycles. The van der Waals surface area contributed by atoms with E-state index in [1.54, 1.807) is 31.4 Å². The van der Waals surface area contributed by atoms with E-state index in [0.29, 0.717) is 23.0 Å². The minimum absolute atomic E-state index is 0.0414. The maximum atomic E-state index is 13.6. The lowest BCUT2D eigenvalue weighted by molar-refractivity contribution is -0.0576. The SMILES string of the molecule is COc1cccc(-c2cccc(C(=O)Nc3ccc(N=C(C=C(N)c4cccnc4)C(F)(F)F)nn3)c2)c1. The summed E-state index contributed by atoms with van der Waals surface area (Å²) < 4.78 is 45.9. The highest BCUT2D eigenvalue weighted by Gasteiger charge is 2.34. The molecule has 0 bridgehead atoms. The fourth-order valence-electron chi connectivity index (χ4n) is 3.35. The molecule has 2 heterocycles. The number of anilines is 1. The number of allylic oxidation sites excluding steroid dienone is 1. The first-order chi connectivity index (χ1) is 18.2. The summed E-state index contributed by atoms with van der Waals surface area (Å²) in [6.07, 6.45) is -1.29. The molecule has 8 nitrogen and oxygen atoms in total. The number of nitrogens with two attached hydrogens (primary N) is 1. The molecular weight excluding hydrogens is 497 g/mol. The smallest absolute Gasteiger partial charge is 0.433 e. The minimum Gasteiger partial charge on any atom is -0.497 e. The van der Waals surface area contributed by atoms with E-state index in [0.717, 1.165) is 11.1 Å². The zero-order valence-electron chi connectivity index (χ0n) is 20.0. The third-order valence-corrected chi connectivity index (χ3v) is 5.23. The van der Waals surface area contributed by atoms with Gasteiger partial charge in [0.25, 0.3) is 5.91 Å². The molecule has 0 fully saturated rings. The van der Waals surface area contributed by atoms with Crippen LogP contribution in [-0.4, -0.2) is 40.1 Å². The van der Waals surface area contributed by atoms with Gasteiger partial charge in [-0.25, -0.2) is 4.99 Å². The molecule has 4 rings (SSSR count). The molecule has 0 aliphatic heterocycles. The number of alkyl halides is 3. The Morgan fingerprint density at radius 1 is 0.974 bits per heavy atom. The predicted octanol–water partition coefficient (Wildman–Crippen LogP) is 5.43. The third-order valence-electron chi connectivity index (χ3n) is 5.23. The number of hydrogen-bond acceptors (Lipinski definition) is 7. The van der Waals surface area contributed by atoms with Gasteiger partial charge in [-0.1, -0.05) is 24.3 Å². The van der Waals surface area contributed by atoms with Crippen molar-refractivity contribution in [3.8, 4) is 16.9 Å². The van der Waals surface area contributed by atoms with E-state index in [4.69, 9.17) is 10.5 Å². The van der Waals surface area contributed by atoms with Crippen molar-refractivity contribution in [1.82, 2.24) is 15.2 Å². The number of ether oxygens (including phenoxy) is 1. The van der Waals surface area contributed by atoms with Gasteiger partial charge in [-0.05, 0) is 65.7 Å². The number of benzene rings is 2. The van der Waals surface area contributed by atoms with E-state index < -0.39 is 17.8 Å². The minimum atomic E-state index is -4.80. The summed E-state index contributed by atoms with van der Waals surface area (Å²) in [7, 11) is 1.57. The van der Waals surface area contributed by atoms with Gasteiger partial charge in [0.2, 0.25) is 0 Å². The Morgan fingerprint density at radius 3 is 2.37 bits per heavy atom. The first-order valence-corrected chi connectivity index (χ1v) is 11.2. The van der Waals surface area contributed by atoms with Crippen LogP contribution in [0.1, 0.15) is 15.9 Å². The lowest BCUT2D eigenvalue weighted by Gasteiger charge is -2.09. The van der Waals surface area contributed by atoms with Crippen molar-refractivity contribution < 1.29 is 22.7 Å². The highest BCUT2D eigenvalue weighted by molar-refractivity contribution is 6.05. The number of methoxy groups -OCH3 is 1. The van der Waals surface area contributed by atoms with Gasteiger partial charge in [0, 0.05) is 29.2 Å². The van der Waals surface area contributed by atoms with E-state index in [2.05, 4.69) is 25.5 Å². The molecule has 192 valence electrons. The molecule has 0 saturated heterocycles. The zero-order valence-corrected chi connectivity index (χ0v) is 20.0. The van der Waals surface area contributed by atoms with Crippen LogP contribution in [-0.2, 0) is 0 Å². The molecule has 0 aliphatic rings. The normalized spacial score (nSPS) is 12.2. The summed E-state index contributed by atoms with van der Waals surface area (Å²) in [6.45, 7) is 0. The summed E-state index contributed by atoms with van der Waals surface area (Å²) in [4.78, 5) is 20.2. The molecule has 0 unspecified atom stereocenters. The molecule has 0 atom stereocenters. The first kappa shape index (κ1) is 26.0. The molecule has 0 spiro atoms. The van der Waals surface area contributed by atoms with Crippen LogP contribution in [0, 0.1) is 0 Å². The molecule has 38 heavy (non-hydrogen) atoms. The van der Waals surface area contributed by atoms with Gasteiger partial charge in [-0.15, -0.1) is 10.2 Å². The fourth-order valence-corrected chi connectivity index (χ4v) is 3.35. The fraction of sp³-hybridized carbons (Fsp3) is 0.0741. The summed E-state index contributed by atoms with van der Waals surface area (Å²) in [6, 6.07) is 19.9. The van der Waals surface area contributed by atoms with Crippen LogP contribution in [0.4, 0.5) is 24.8 Å². The second kappa shape index (κ2) is 11.3. The van der Waals surface area contributed by atoms with Crippen LogP contribution < -0.4 is 15.8 Å². The van der Waals surface area contributed by atoms with Gasteiger partial charge in [-0.2, -0.15) is 13.2 Å². The average molecular weight is 518 g/mol. The number of nitrogens with zero attached hydrogens (tertiary/aromatic N) is 4. The van der Waals surface area contributed by atoms with Crippen LogP contribution >= 0.6 is 0 Å². The molecular formula is C27H21F3N6O2. The highest BCUT2D eigenvalue weighted by Crippen LogP contribution is 2.26. The number of carbonyl (C=O) groups is 1. The van der Waals surface area contributed by atoms with Crippen LogP contribution in [0.15, 0.2) is 96.3 Å². The lowest BCUT2D eigenvalue weighted by atomic mass is 10.0. The Bertz CT molecular complexity index is 1490. The number of nitrogens with one attached hydrogen (secondary N) is 1. The van der Waals surface area contributed by atoms with Gasteiger partial charge in [-0.3, -0.25) is 9.78 Å². The van der Waals surface area contributed by atoms with Crippen molar-refractivity contribution in [3.05, 3.63) is 102 Å². The van der Waals surface area contributed by atoms with E-state index in [9.17, 15) is 18.0 Å². The van der Waals surface area contributed by atoms with E-state index in [-0.39, 0.29) is 17.3 Å². The first-order valence-electron chi connectivity index (χ1n) is 11.2. The molecule has 2 aromatic carbocycles. The number of aliphatic imine (C=N–C) groups is 1. The Labute approximate surface area is 215 Å². The van der Waals surface area contributed by atoms with Crippen LogP contribution in [0.25, 0.3) is 16.8 Å². The standard InChI is InChI=1S/C27H21F3N6O2/c1-38-21-9-3-6-18(14-21)17-5-2-7-19(13-17)26(37)34-25-11-10-24(35-36-25)33-23(27(28,29)30)15-22(31)20-8-4-12-32-16-20/h2-16H,31H2,1H3,(H,34,36,37).